The van der Waals surface area contributed by atoms with Crippen molar-refractivity contribution in [3.05, 3.63) is 29.6 Å². The second-order valence-corrected chi connectivity index (χ2v) is 7.10. The van der Waals surface area contributed by atoms with Gasteiger partial charge in [0.25, 0.3) is 5.91 Å². The van der Waals surface area contributed by atoms with Crippen LogP contribution in [0, 0.1) is 11.2 Å². The molecule has 3 rings (SSSR count). The zero-order valence-electron chi connectivity index (χ0n) is 13.9. The molecule has 5 nitrogen and oxygen atoms in total. The number of piperidine rings is 1. The molecule has 1 aromatic rings. The summed E-state index contributed by atoms with van der Waals surface area (Å²) in [6, 6.07) is 3.73. The number of likely N-dealkylation sites (tertiary alicyclic amines) is 2. The molecule has 6 heteroatoms. The van der Waals surface area contributed by atoms with E-state index in [1.54, 1.807) is 4.90 Å². The van der Waals surface area contributed by atoms with E-state index in [9.17, 15) is 19.4 Å². The van der Waals surface area contributed by atoms with Crippen LogP contribution in [-0.4, -0.2) is 65.3 Å². The number of benzene rings is 1. The summed E-state index contributed by atoms with van der Waals surface area (Å²) < 4.78 is 13.5. The summed E-state index contributed by atoms with van der Waals surface area (Å²) in [5.74, 6) is -1.45. The van der Waals surface area contributed by atoms with Crippen molar-refractivity contribution in [1.82, 2.24) is 9.80 Å². The molecule has 2 saturated heterocycles. The van der Waals surface area contributed by atoms with E-state index in [2.05, 4.69) is 4.90 Å². The van der Waals surface area contributed by atoms with Crippen molar-refractivity contribution >= 4 is 5.91 Å². The third-order valence-electron chi connectivity index (χ3n) is 5.40. The highest BCUT2D eigenvalue weighted by Gasteiger charge is 2.37. The lowest BCUT2D eigenvalue weighted by molar-refractivity contribution is 0.0179. The van der Waals surface area contributed by atoms with Gasteiger partial charge in [-0.25, -0.2) is 4.39 Å². The molecule has 2 aliphatic heterocycles. The standard InChI is InChI=1S/C18H25FN2O3/c19-15-11-14(3-4-16(15)23)17(24)21-9-5-18(13-22,6-10-21)12-20-7-1-2-8-20/h3-4,11,22-23H,1-2,5-10,12-13H2. The lowest BCUT2D eigenvalue weighted by atomic mass is 9.78. The van der Waals surface area contributed by atoms with Crippen LogP contribution in [-0.2, 0) is 0 Å². The number of halogens is 1. The van der Waals surface area contributed by atoms with Gasteiger partial charge in [0.2, 0.25) is 0 Å². The summed E-state index contributed by atoms with van der Waals surface area (Å²) in [4.78, 5) is 16.6. The highest BCUT2D eigenvalue weighted by Crippen LogP contribution is 2.33. The maximum atomic E-state index is 13.5. The minimum Gasteiger partial charge on any atom is -0.505 e. The van der Waals surface area contributed by atoms with Crippen molar-refractivity contribution in [2.75, 3.05) is 39.3 Å². The third kappa shape index (κ3) is 3.54. The van der Waals surface area contributed by atoms with E-state index in [4.69, 9.17) is 0 Å². The molecule has 0 saturated carbocycles. The van der Waals surface area contributed by atoms with Crippen molar-refractivity contribution in [3.63, 3.8) is 0 Å². The number of phenols is 1. The molecule has 0 aliphatic carbocycles. The van der Waals surface area contributed by atoms with E-state index in [1.807, 2.05) is 0 Å². The number of carbonyl (C=O) groups is 1. The van der Waals surface area contributed by atoms with Crippen LogP contribution in [0.3, 0.4) is 0 Å². The van der Waals surface area contributed by atoms with Crippen LogP contribution >= 0.6 is 0 Å². The first-order chi connectivity index (χ1) is 11.5. The molecule has 1 amide bonds. The zero-order valence-corrected chi connectivity index (χ0v) is 13.9. The molecular formula is C18H25FN2O3. The number of aliphatic hydroxyl groups excluding tert-OH is 1. The normalized spacial score (nSPS) is 21.2. The van der Waals surface area contributed by atoms with Crippen LogP contribution in [0.5, 0.6) is 5.75 Å². The average molecular weight is 336 g/mol. The van der Waals surface area contributed by atoms with Gasteiger partial charge in [0.15, 0.2) is 11.6 Å². The van der Waals surface area contributed by atoms with Gasteiger partial charge in [0, 0.05) is 30.6 Å². The number of phenolic OH excluding ortho intramolecular Hbond substituents is 1. The van der Waals surface area contributed by atoms with E-state index < -0.39 is 11.6 Å². The molecule has 0 spiro atoms. The maximum Gasteiger partial charge on any atom is 0.253 e. The van der Waals surface area contributed by atoms with Crippen molar-refractivity contribution in [2.45, 2.75) is 25.7 Å². The SMILES string of the molecule is O=C(c1ccc(O)c(F)c1)N1CCC(CO)(CN2CCCC2)CC1. The molecule has 2 fully saturated rings. The Morgan fingerprint density at radius 2 is 1.83 bits per heavy atom. The molecule has 0 bridgehead atoms. The number of nitrogens with zero attached hydrogens (tertiary/aromatic N) is 2. The van der Waals surface area contributed by atoms with Crippen LogP contribution < -0.4 is 0 Å². The smallest absolute Gasteiger partial charge is 0.253 e. The quantitative estimate of drug-likeness (QED) is 0.881. The first-order valence-corrected chi connectivity index (χ1v) is 8.64. The van der Waals surface area contributed by atoms with Gasteiger partial charge in [-0.05, 0) is 57.0 Å². The minimum atomic E-state index is -0.781. The monoisotopic (exact) mass is 336 g/mol. The maximum absolute atomic E-state index is 13.5. The molecule has 2 N–H and O–H groups in total. The Bertz CT molecular complexity index is 594. The molecule has 0 radical (unpaired) electrons. The molecule has 0 aromatic heterocycles. The second-order valence-electron chi connectivity index (χ2n) is 7.10. The highest BCUT2D eigenvalue weighted by molar-refractivity contribution is 5.94. The fourth-order valence-electron chi connectivity index (χ4n) is 3.79. The van der Waals surface area contributed by atoms with Gasteiger partial charge in [-0.15, -0.1) is 0 Å². The summed E-state index contributed by atoms with van der Waals surface area (Å²) in [6.07, 6.45) is 3.95. The number of carbonyl (C=O) groups excluding carboxylic acids is 1. The van der Waals surface area contributed by atoms with E-state index in [1.165, 1.54) is 25.0 Å². The molecule has 0 unspecified atom stereocenters. The Balaban J connectivity index is 1.62. The Labute approximate surface area is 141 Å². The number of aromatic hydroxyl groups is 1. The first kappa shape index (κ1) is 17.2. The van der Waals surface area contributed by atoms with Gasteiger partial charge >= 0.3 is 0 Å². The number of aliphatic hydroxyl groups is 1. The topological polar surface area (TPSA) is 64.0 Å². The van der Waals surface area contributed by atoms with Crippen molar-refractivity contribution < 1.29 is 19.4 Å². The highest BCUT2D eigenvalue weighted by atomic mass is 19.1. The predicted molar refractivity (Wildman–Crippen MR) is 88.4 cm³/mol. The van der Waals surface area contributed by atoms with E-state index in [0.717, 1.165) is 38.5 Å². The lowest BCUT2D eigenvalue weighted by Gasteiger charge is -2.42. The van der Waals surface area contributed by atoms with Gasteiger partial charge in [-0.3, -0.25) is 4.79 Å². The van der Waals surface area contributed by atoms with Gasteiger partial charge in [0.05, 0.1) is 6.61 Å². The largest absolute Gasteiger partial charge is 0.505 e. The summed E-state index contributed by atoms with van der Waals surface area (Å²) in [5.41, 5.74) is 0.114. The van der Waals surface area contributed by atoms with Crippen LogP contribution in [0.2, 0.25) is 0 Å². The first-order valence-electron chi connectivity index (χ1n) is 8.64. The van der Waals surface area contributed by atoms with Gasteiger partial charge in [-0.2, -0.15) is 0 Å². The average Bonchev–Trinajstić information content (AvgIpc) is 3.10. The predicted octanol–water partition coefficient (Wildman–Crippen LogP) is 1.84. The minimum absolute atomic E-state index is 0.138. The molecule has 24 heavy (non-hydrogen) atoms. The molecule has 0 atom stereocenters. The lowest BCUT2D eigenvalue weighted by Crippen LogP contribution is -2.49. The van der Waals surface area contributed by atoms with Crippen molar-refractivity contribution in [1.29, 1.82) is 0 Å². The molecule has 2 aliphatic rings. The molecule has 1 aromatic carbocycles. The summed E-state index contributed by atoms with van der Waals surface area (Å²) in [7, 11) is 0. The molecule has 132 valence electrons. The number of hydrogen-bond donors (Lipinski definition) is 2. The van der Waals surface area contributed by atoms with Gasteiger partial charge in [0.1, 0.15) is 0 Å². The van der Waals surface area contributed by atoms with E-state index >= 15 is 0 Å². The van der Waals surface area contributed by atoms with Gasteiger partial charge in [-0.1, -0.05) is 0 Å². The summed E-state index contributed by atoms with van der Waals surface area (Å²) in [5, 5.41) is 19.1. The van der Waals surface area contributed by atoms with Crippen molar-refractivity contribution in [2.24, 2.45) is 5.41 Å². The Morgan fingerprint density at radius 1 is 1.17 bits per heavy atom. The zero-order chi connectivity index (χ0) is 17.2. The summed E-state index contributed by atoms with van der Waals surface area (Å²) in [6.45, 7) is 4.35. The second kappa shape index (κ2) is 7.07. The summed E-state index contributed by atoms with van der Waals surface area (Å²) >= 11 is 0. The fourth-order valence-corrected chi connectivity index (χ4v) is 3.79. The van der Waals surface area contributed by atoms with Crippen LogP contribution in [0.15, 0.2) is 18.2 Å². The fraction of sp³-hybridized carbons (Fsp3) is 0.611. The number of hydrogen-bond acceptors (Lipinski definition) is 4. The third-order valence-corrected chi connectivity index (χ3v) is 5.40. The van der Waals surface area contributed by atoms with E-state index in [0.29, 0.717) is 13.1 Å². The Morgan fingerprint density at radius 3 is 2.42 bits per heavy atom. The number of rotatable bonds is 4. The van der Waals surface area contributed by atoms with Gasteiger partial charge < -0.3 is 20.0 Å². The van der Waals surface area contributed by atoms with Crippen LogP contribution in [0.1, 0.15) is 36.0 Å². The Kier molecular flexibility index (Phi) is 5.06. The molecule has 2 heterocycles. The Hall–Kier alpha value is -1.66. The van der Waals surface area contributed by atoms with Crippen molar-refractivity contribution in [3.8, 4) is 5.75 Å². The van der Waals surface area contributed by atoms with Crippen LogP contribution in [0.4, 0.5) is 4.39 Å². The van der Waals surface area contributed by atoms with E-state index in [-0.39, 0.29) is 23.5 Å². The number of amides is 1. The van der Waals surface area contributed by atoms with Crippen LogP contribution in [0.25, 0.3) is 0 Å². The molecular weight excluding hydrogens is 311 g/mol.